The molecule has 1 aliphatic rings. The van der Waals surface area contributed by atoms with Crippen molar-refractivity contribution in [2.45, 2.75) is 19.5 Å². The molecule has 0 radical (unpaired) electrons. The number of hydrogen-bond acceptors (Lipinski definition) is 6. The van der Waals surface area contributed by atoms with E-state index >= 15 is 0 Å². The van der Waals surface area contributed by atoms with Crippen molar-refractivity contribution in [1.29, 1.82) is 0 Å². The summed E-state index contributed by atoms with van der Waals surface area (Å²) in [6.07, 6.45) is 6.20. The summed E-state index contributed by atoms with van der Waals surface area (Å²) in [6, 6.07) is 8.44. The number of aromatic hydroxyl groups is 2. The lowest BCUT2D eigenvalue weighted by atomic mass is 10.1. The molecule has 3 aromatic rings. The van der Waals surface area contributed by atoms with Gasteiger partial charge in [0.1, 0.15) is 11.5 Å². The Kier molecular flexibility index (Phi) is 4.03. The number of hydrogen-bond donors (Lipinski definition) is 2. The first-order valence-corrected chi connectivity index (χ1v) is 8.17. The van der Waals surface area contributed by atoms with Crippen LogP contribution in [-0.4, -0.2) is 36.6 Å². The summed E-state index contributed by atoms with van der Waals surface area (Å²) in [4.78, 5) is 15.5. The number of phenols is 2. The van der Waals surface area contributed by atoms with Crippen LogP contribution in [0.15, 0.2) is 48.9 Å². The van der Waals surface area contributed by atoms with Gasteiger partial charge >= 0.3 is 0 Å². The van der Waals surface area contributed by atoms with Gasteiger partial charge in [0.15, 0.2) is 5.82 Å². The zero-order valence-electron chi connectivity index (χ0n) is 13.6. The lowest BCUT2D eigenvalue weighted by Gasteiger charge is -2.28. The molecule has 1 aliphatic heterocycles. The maximum Gasteiger partial charge on any atom is 0.160 e. The predicted octanol–water partition coefficient (Wildman–Crippen LogP) is 2.51. The molecule has 2 N–H and O–H groups in total. The average molecular weight is 334 g/mol. The van der Waals surface area contributed by atoms with Crippen LogP contribution in [0, 0.1) is 0 Å². The van der Waals surface area contributed by atoms with Gasteiger partial charge in [0.2, 0.25) is 0 Å². The molecule has 25 heavy (non-hydrogen) atoms. The van der Waals surface area contributed by atoms with Crippen molar-refractivity contribution in [2.75, 3.05) is 6.54 Å². The van der Waals surface area contributed by atoms with Gasteiger partial charge in [-0.3, -0.25) is 9.88 Å². The molecular weight excluding hydrogens is 316 g/mol. The van der Waals surface area contributed by atoms with E-state index in [0.29, 0.717) is 12.4 Å². The predicted molar refractivity (Wildman–Crippen MR) is 92.9 cm³/mol. The Morgan fingerprint density at radius 1 is 1.12 bits per heavy atom. The van der Waals surface area contributed by atoms with Crippen LogP contribution in [0.25, 0.3) is 11.4 Å². The molecule has 0 unspecified atom stereocenters. The summed E-state index contributed by atoms with van der Waals surface area (Å²) in [5.41, 5.74) is 3.79. The Morgan fingerprint density at radius 3 is 2.88 bits per heavy atom. The van der Waals surface area contributed by atoms with Crippen molar-refractivity contribution < 1.29 is 10.2 Å². The second kappa shape index (κ2) is 6.49. The highest BCUT2D eigenvalue weighted by molar-refractivity contribution is 5.53. The standard InChI is InChI=1S/C19H18N4O2/c24-16-3-4-18(25)14(8-16)11-23-7-5-17-15(12-23)10-21-19(22-17)13-2-1-6-20-9-13/h1-4,6,8-10,24-25H,5,7,11-12H2. The van der Waals surface area contributed by atoms with Gasteiger partial charge in [0, 0.05) is 61.3 Å². The Bertz CT molecular complexity index is 899. The number of aromatic nitrogens is 3. The molecule has 6 nitrogen and oxygen atoms in total. The van der Waals surface area contributed by atoms with E-state index in [-0.39, 0.29) is 11.5 Å². The molecule has 0 bridgehead atoms. The number of benzene rings is 1. The molecular formula is C19H18N4O2. The second-order valence-electron chi connectivity index (χ2n) is 6.18. The first kappa shape index (κ1) is 15.5. The Labute approximate surface area is 145 Å². The van der Waals surface area contributed by atoms with E-state index in [1.165, 1.54) is 12.1 Å². The fourth-order valence-corrected chi connectivity index (χ4v) is 3.08. The van der Waals surface area contributed by atoms with Crippen LogP contribution in [0.4, 0.5) is 0 Å². The van der Waals surface area contributed by atoms with Gasteiger partial charge in [-0.15, -0.1) is 0 Å². The fourth-order valence-electron chi connectivity index (χ4n) is 3.08. The lowest BCUT2D eigenvalue weighted by molar-refractivity contribution is 0.239. The van der Waals surface area contributed by atoms with Crippen molar-refractivity contribution in [3.63, 3.8) is 0 Å². The van der Waals surface area contributed by atoms with Crippen LogP contribution in [0.2, 0.25) is 0 Å². The molecule has 1 aromatic carbocycles. The molecule has 0 saturated carbocycles. The van der Waals surface area contributed by atoms with Gasteiger partial charge in [0.05, 0.1) is 5.69 Å². The first-order valence-electron chi connectivity index (χ1n) is 8.17. The van der Waals surface area contributed by atoms with E-state index in [2.05, 4.69) is 19.9 Å². The van der Waals surface area contributed by atoms with Gasteiger partial charge in [-0.2, -0.15) is 0 Å². The topological polar surface area (TPSA) is 82.4 Å². The van der Waals surface area contributed by atoms with Gasteiger partial charge in [-0.05, 0) is 30.3 Å². The molecule has 0 fully saturated rings. The van der Waals surface area contributed by atoms with Crippen molar-refractivity contribution in [2.24, 2.45) is 0 Å². The molecule has 2 aromatic heterocycles. The molecule has 0 spiro atoms. The summed E-state index contributed by atoms with van der Waals surface area (Å²) in [5.74, 6) is 1.06. The van der Waals surface area contributed by atoms with E-state index in [1.807, 2.05) is 18.3 Å². The number of rotatable bonds is 3. The van der Waals surface area contributed by atoms with E-state index in [9.17, 15) is 10.2 Å². The van der Waals surface area contributed by atoms with Crippen LogP contribution in [0.5, 0.6) is 11.5 Å². The van der Waals surface area contributed by atoms with E-state index < -0.39 is 0 Å². The zero-order valence-corrected chi connectivity index (χ0v) is 13.6. The largest absolute Gasteiger partial charge is 0.508 e. The summed E-state index contributed by atoms with van der Waals surface area (Å²) < 4.78 is 0. The van der Waals surface area contributed by atoms with Gasteiger partial charge in [0.25, 0.3) is 0 Å². The van der Waals surface area contributed by atoms with Gasteiger partial charge in [-0.25, -0.2) is 9.97 Å². The number of phenolic OH excluding ortho intramolecular Hbond substituents is 2. The molecule has 0 saturated heterocycles. The van der Waals surface area contributed by atoms with Crippen LogP contribution in [0.1, 0.15) is 16.8 Å². The lowest BCUT2D eigenvalue weighted by Crippen LogP contribution is -2.31. The first-order chi connectivity index (χ1) is 12.2. The van der Waals surface area contributed by atoms with Gasteiger partial charge in [-0.1, -0.05) is 0 Å². The second-order valence-corrected chi connectivity index (χ2v) is 6.18. The van der Waals surface area contributed by atoms with Crippen LogP contribution in [-0.2, 0) is 19.5 Å². The molecule has 6 heteroatoms. The van der Waals surface area contributed by atoms with E-state index in [0.717, 1.165) is 41.9 Å². The molecule has 126 valence electrons. The average Bonchev–Trinajstić information content (AvgIpc) is 2.65. The molecule has 0 atom stereocenters. The maximum atomic E-state index is 9.95. The van der Waals surface area contributed by atoms with Crippen molar-refractivity contribution in [3.8, 4) is 22.9 Å². The minimum atomic E-state index is 0.162. The number of pyridine rings is 1. The Morgan fingerprint density at radius 2 is 2.04 bits per heavy atom. The van der Waals surface area contributed by atoms with E-state index in [4.69, 9.17) is 0 Å². The number of nitrogens with zero attached hydrogens (tertiary/aromatic N) is 4. The van der Waals surface area contributed by atoms with Gasteiger partial charge < -0.3 is 10.2 Å². The highest BCUT2D eigenvalue weighted by Crippen LogP contribution is 2.26. The molecule has 4 rings (SSSR count). The highest BCUT2D eigenvalue weighted by Gasteiger charge is 2.20. The fraction of sp³-hybridized carbons (Fsp3) is 0.211. The van der Waals surface area contributed by atoms with Crippen molar-refractivity contribution in [3.05, 3.63) is 65.7 Å². The van der Waals surface area contributed by atoms with E-state index in [1.54, 1.807) is 18.5 Å². The monoisotopic (exact) mass is 334 g/mol. The van der Waals surface area contributed by atoms with Crippen molar-refractivity contribution in [1.82, 2.24) is 19.9 Å². The Hall–Kier alpha value is -2.99. The Balaban J connectivity index is 1.53. The van der Waals surface area contributed by atoms with Crippen molar-refractivity contribution >= 4 is 0 Å². The van der Waals surface area contributed by atoms with Crippen LogP contribution in [0.3, 0.4) is 0 Å². The quantitative estimate of drug-likeness (QED) is 0.716. The normalized spacial score (nSPS) is 14.2. The van der Waals surface area contributed by atoms with Crippen LogP contribution < -0.4 is 0 Å². The number of fused-ring (bicyclic) bond motifs is 1. The highest BCUT2D eigenvalue weighted by atomic mass is 16.3. The molecule has 3 heterocycles. The maximum absolute atomic E-state index is 9.95. The third-order valence-corrected chi connectivity index (χ3v) is 4.39. The summed E-state index contributed by atoms with van der Waals surface area (Å²) >= 11 is 0. The molecule has 0 amide bonds. The smallest absolute Gasteiger partial charge is 0.160 e. The van der Waals surface area contributed by atoms with Crippen LogP contribution >= 0.6 is 0 Å². The minimum Gasteiger partial charge on any atom is -0.508 e. The third-order valence-electron chi connectivity index (χ3n) is 4.39. The zero-order chi connectivity index (χ0) is 17.2. The summed E-state index contributed by atoms with van der Waals surface area (Å²) in [7, 11) is 0. The summed E-state index contributed by atoms with van der Waals surface area (Å²) in [5, 5.41) is 19.6. The molecule has 0 aliphatic carbocycles. The summed E-state index contributed by atoms with van der Waals surface area (Å²) in [6.45, 7) is 2.13. The minimum absolute atomic E-state index is 0.162. The SMILES string of the molecule is Oc1ccc(O)c(CN2CCc3nc(-c4cccnc4)ncc3C2)c1. The third kappa shape index (κ3) is 3.29.